The Hall–Kier alpha value is -1.44. The van der Waals surface area contributed by atoms with E-state index in [1.54, 1.807) is 0 Å². The molecule has 0 aliphatic rings. The van der Waals surface area contributed by atoms with Crippen LogP contribution in [0.2, 0.25) is 0 Å². The van der Waals surface area contributed by atoms with Gasteiger partial charge in [0.2, 0.25) is 0 Å². The van der Waals surface area contributed by atoms with Crippen LogP contribution < -0.4 is 5.73 Å². The first-order chi connectivity index (χ1) is 5.68. The lowest BCUT2D eigenvalue weighted by molar-refractivity contribution is 1.29. The zero-order valence-corrected chi connectivity index (χ0v) is 7.31. The first-order valence-corrected chi connectivity index (χ1v) is 4.03. The van der Waals surface area contributed by atoms with Gasteiger partial charge in [0.25, 0.3) is 0 Å². The SMILES string of the molecule is Cc1ccc2c(N)[nH]c(C)c2c1. The van der Waals surface area contributed by atoms with Gasteiger partial charge in [0.05, 0.1) is 0 Å². The Kier molecular flexibility index (Phi) is 1.37. The van der Waals surface area contributed by atoms with Crippen molar-refractivity contribution in [1.29, 1.82) is 0 Å². The Morgan fingerprint density at radius 2 is 1.92 bits per heavy atom. The molecule has 1 aromatic carbocycles. The highest BCUT2D eigenvalue weighted by Crippen LogP contribution is 2.24. The summed E-state index contributed by atoms with van der Waals surface area (Å²) in [7, 11) is 0. The van der Waals surface area contributed by atoms with Gasteiger partial charge >= 0.3 is 0 Å². The van der Waals surface area contributed by atoms with Crippen LogP contribution in [-0.4, -0.2) is 4.98 Å². The van der Waals surface area contributed by atoms with E-state index in [-0.39, 0.29) is 0 Å². The predicted octanol–water partition coefficient (Wildman–Crippen LogP) is 2.37. The van der Waals surface area contributed by atoms with Crippen LogP contribution >= 0.6 is 0 Å². The van der Waals surface area contributed by atoms with Crippen LogP contribution in [0.1, 0.15) is 11.3 Å². The molecule has 2 aromatic rings. The highest BCUT2D eigenvalue weighted by atomic mass is 14.8. The van der Waals surface area contributed by atoms with Crippen LogP contribution in [0.5, 0.6) is 0 Å². The largest absolute Gasteiger partial charge is 0.385 e. The van der Waals surface area contributed by atoms with Gasteiger partial charge < -0.3 is 10.7 Å². The molecule has 12 heavy (non-hydrogen) atoms. The number of fused-ring (bicyclic) bond motifs is 1. The van der Waals surface area contributed by atoms with Crippen LogP contribution in [0.3, 0.4) is 0 Å². The van der Waals surface area contributed by atoms with Crippen molar-refractivity contribution in [3.05, 3.63) is 29.5 Å². The molecule has 2 nitrogen and oxygen atoms in total. The van der Waals surface area contributed by atoms with Crippen molar-refractivity contribution in [3.8, 4) is 0 Å². The van der Waals surface area contributed by atoms with E-state index in [0.717, 1.165) is 16.9 Å². The number of nitrogens with one attached hydrogen (secondary N) is 1. The van der Waals surface area contributed by atoms with Gasteiger partial charge in [0.15, 0.2) is 0 Å². The molecule has 0 atom stereocenters. The van der Waals surface area contributed by atoms with E-state index in [1.165, 1.54) is 10.9 Å². The van der Waals surface area contributed by atoms with Crippen molar-refractivity contribution in [2.24, 2.45) is 0 Å². The molecule has 0 aliphatic heterocycles. The van der Waals surface area contributed by atoms with Crippen molar-refractivity contribution < 1.29 is 0 Å². The number of H-pyrrole nitrogens is 1. The maximum atomic E-state index is 5.77. The molecule has 2 rings (SSSR count). The van der Waals surface area contributed by atoms with Crippen LogP contribution in [0.25, 0.3) is 10.8 Å². The Balaban J connectivity index is 2.90. The highest BCUT2D eigenvalue weighted by molar-refractivity contribution is 5.94. The van der Waals surface area contributed by atoms with E-state index >= 15 is 0 Å². The van der Waals surface area contributed by atoms with Gasteiger partial charge in [-0.25, -0.2) is 0 Å². The fraction of sp³-hybridized carbons (Fsp3) is 0.200. The molecule has 3 N–H and O–H groups in total. The summed E-state index contributed by atoms with van der Waals surface area (Å²) in [4.78, 5) is 3.12. The van der Waals surface area contributed by atoms with Crippen LogP contribution in [-0.2, 0) is 0 Å². The number of rotatable bonds is 0. The molecule has 0 saturated heterocycles. The van der Waals surface area contributed by atoms with E-state index < -0.39 is 0 Å². The second kappa shape index (κ2) is 2.27. The molecule has 0 spiro atoms. The summed E-state index contributed by atoms with van der Waals surface area (Å²) >= 11 is 0. The Morgan fingerprint density at radius 1 is 1.17 bits per heavy atom. The number of benzene rings is 1. The summed E-state index contributed by atoms with van der Waals surface area (Å²) < 4.78 is 0. The molecule has 0 fully saturated rings. The van der Waals surface area contributed by atoms with Crippen molar-refractivity contribution in [3.63, 3.8) is 0 Å². The molecule has 0 unspecified atom stereocenters. The molecular formula is C10H12N2. The lowest BCUT2D eigenvalue weighted by Gasteiger charge is -1.93. The average Bonchev–Trinajstić information content (AvgIpc) is 2.28. The third-order valence-electron chi connectivity index (χ3n) is 2.19. The number of hydrogen-bond donors (Lipinski definition) is 2. The number of aromatic amines is 1. The summed E-state index contributed by atoms with van der Waals surface area (Å²) in [5, 5.41) is 2.35. The van der Waals surface area contributed by atoms with Crippen molar-refractivity contribution in [2.75, 3.05) is 5.73 Å². The predicted molar refractivity (Wildman–Crippen MR) is 52.2 cm³/mol. The van der Waals surface area contributed by atoms with Gasteiger partial charge in [-0.15, -0.1) is 0 Å². The monoisotopic (exact) mass is 160 g/mol. The number of anilines is 1. The van der Waals surface area contributed by atoms with Gasteiger partial charge in [0, 0.05) is 16.5 Å². The van der Waals surface area contributed by atoms with Crippen LogP contribution in [0, 0.1) is 13.8 Å². The van der Waals surface area contributed by atoms with Crippen molar-refractivity contribution in [1.82, 2.24) is 4.98 Å². The maximum Gasteiger partial charge on any atom is 0.108 e. The zero-order chi connectivity index (χ0) is 8.72. The molecular weight excluding hydrogens is 148 g/mol. The molecule has 0 bridgehead atoms. The summed E-state index contributed by atoms with van der Waals surface area (Å²) in [5.41, 5.74) is 8.18. The van der Waals surface area contributed by atoms with E-state index in [0.29, 0.717) is 0 Å². The normalized spacial score (nSPS) is 10.8. The minimum Gasteiger partial charge on any atom is -0.385 e. The number of nitrogen functional groups attached to an aromatic ring is 1. The van der Waals surface area contributed by atoms with Gasteiger partial charge in [-0.2, -0.15) is 0 Å². The van der Waals surface area contributed by atoms with Crippen LogP contribution in [0.15, 0.2) is 18.2 Å². The molecule has 1 aromatic heterocycles. The Labute approximate surface area is 71.4 Å². The summed E-state index contributed by atoms with van der Waals surface area (Å²) in [5.74, 6) is 0.766. The van der Waals surface area contributed by atoms with Gasteiger partial charge in [-0.1, -0.05) is 17.7 Å². The smallest absolute Gasteiger partial charge is 0.108 e. The number of aryl methyl sites for hydroxylation is 2. The third-order valence-corrected chi connectivity index (χ3v) is 2.19. The minimum atomic E-state index is 0.766. The molecule has 1 heterocycles. The summed E-state index contributed by atoms with van der Waals surface area (Å²) in [6.07, 6.45) is 0. The van der Waals surface area contributed by atoms with E-state index in [4.69, 9.17) is 5.73 Å². The lowest BCUT2D eigenvalue weighted by atomic mass is 10.1. The van der Waals surface area contributed by atoms with Crippen molar-refractivity contribution >= 4 is 16.6 Å². The van der Waals surface area contributed by atoms with E-state index in [2.05, 4.69) is 30.1 Å². The van der Waals surface area contributed by atoms with Gasteiger partial charge in [-0.3, -0.25) is 0 Å². The topological polar surface area (TPSA) is 41.8 Å². The quantitative estimate of drug-likeness (QED) is 0.610. The Bertz CT molecular complexity index is 427. The molecule has 2 heteroatoms. The third kappa shape index (κ3) is 0.881. The molecule has 0 radical (unpaired) electrons. The van der Waals surface area contributed by atoms with Gasteiger partial charge in [-0.05, 0) is 19.9 Å². The maximum absolute atomic E-state index is 5.77. The van der Waals surface area contributed by atoms with Gasteiger partial charge in [0.1, 0.15) is 5.82 Å². The van der Waals surface area contributed by atoms with Crippen molar-refractivity contribution in [2.45, 2.75) is 13.8 Å². The second-order valence-electron chi connectivity index (χ2n) is 3.21. The first kappa shape index (κ1) is 7.22. The molecule has 0 amide bonds. The van der Waals surface area contributed by atoms with Crippen LogP contribution in [0.4, 0.5) is 5.82 Å². The molecule has 62 valence electrons. The van der Waals surface area contributed by atoms with E-state index in [9.17, 15) is 0 Å². The fourth-order valence-electron chi connectivity index (χ4n) is 1.54. The average molecular weight is 160 g/mol. The Morgan fingerprint density at radius 3 is 2.67 bits per heavy atom. The molecule has 0 saturated carbocycles. The number of hydrogen-bond acceptors (Lipinski definition) is 1. The lowest BCUT2D eigenvalue weighted by Crippen LogP contribution is -1.83. The highest BCUT2D eigenvalue weighted by Gasteiger charge is 2.03. The number of aromatic nitrogens is 1. The fourth-order valence-corrected chi connectivity index (χ4v) is 1.54. The summed E-state index contributed by atoms with van der Waals surface area (Å²) in [6.45, 7) is 4.13. The van der Waals surface area contributed by atoms with E-state index in [1.807, 2.05) is 6.92 Å². The first-order valence-electron chi connectivity index (χ1n) is 4.03. The second-order valence-corrected chi connectivity index (χ2v) is 3.21. The minimum absolute atomic E-state index is 0.766. The zero-order valence-electron chi connectivity index (χ0n) is 7.31. The standard InChI is InChI=1S/C10H12N2/c1-6-3-4-8-9(5-6)7(2)12-10(8)11/h3-5,12H,11H2,1-2H3. The number of nitrogens with two attached hydrogens (primary N) is 1. The molecule has 0 aliphatic carbocycles. The summed E-state index contributed by atoms with van der Waals surface area (Å²) in [6, 6.07) is 6.28.